The van der Waals surface area contributed by atoms with E-state index in [1.807, 2.05) is 12.4 Å². The Hall–Kier alpha value is -1.73. The molecule has 0 aliphatic carbocycles. The zero-order valence-electron chi connectivity index (χ0n) is 14.7. The van der Waals surface area contributed by atoms with Crippen molar-refractivity contribution in [2.45, 2.75) is 44.7 Å². The van der Waals surface area contributed by atoms with Gasteiger partial charge < -0.3 is 15.3 Å². The van der Waals surface area contributed by atoms with Crippen LogP contribution in [0.5, 0.6) is 0 Å². The van der Waals surface area contributed by atoms with Crippen molar-refractivity contribution in [3.63, 3.8) is 0 Å². The molecule has 1 aromatic rings. The van der Waals surface area contributed by atoms with Crippen LogP contribution in [0, 0.1) is 5.41 Å². The van der Waals surface area contributed by atoms with Gasteiger partial charge in [-0.3, -0.25) is 9.69 Å². The highest BCUT2D eigenvalue weighted by Crippen LogP contribution is 2.38. The molecule has 7 nitrogen and oxygen atoms in total. The van der Waals surface area contributed by atoms with Crippen molar-refractivity contribution in [3.8, 4) is 0 Å². The Morgan fingerprint density at radius 3 is 2.72 bits per heavy atom. The van der Waals surface area contributed by atoms with E-state index in [1.165, 1.54) is 12.8 Å². The number of hydrogen-bond donors (Lipinski definition) is 2. The number of fused-ring (bicyclic) bond motifs is 1. The number of carboxylic acid groups (broad SMARTS) is 1. The Bertz CT molecular complexity index is 616. The number of aromatic nitrogens is 2. The van der Waals surface area contributed by atoms with Gasteiger partial charge in [0.25, 0.3) is 0 Å². The third kappa shape index (κ3) is 3.22. The molecule has 3 aliphatic rings. The molecule has 1 aromatic heterocycles. The Kier molecular flexibility index (Phi) is 4.60. The van der Waals surface area contributed by atoms with Gasteiger partial charge in [0.1, 0.15) is 0 Å². The molecular weight excluding hydrogens is 318 g/mol. The molecule has 2 N–H and O–H groups in total. The molecule has 3 saturated heterocycles. The van der Waals surface area contributed by atoms with E-state index < -0.39 is 11.4 Å². The first-order valence-electron chi connectivity index (χ1n) is 9.42. The first-order chi connectivity index (χ1) is 12.2. The van der Waals surface area contributed by atoms with E-state index >= 15 is 0 Å². The number of likely N-dealkylation sites (tertiary alicyclic amines) is 1. The first kappa shape index (κ1) is 16.7. The maximum atomic E-state index is 12.0. The van der Waals surface area contributed by atoms with Crippen LogP contribution in [0.15, 0.2) is 12.4 Å². The van der Waals surface area contributed by atoms with Gasteiger partial charge in [-0.25, -0.2) is 9.97 Å². The molecule has 4 rings (SSSR count). The normalized spacial score (nSPS) is 30.2. The average Bonchev–Trinajstić information content (AvgIpc) is 3.17. The Balaban J connectivity index is 1.43. The molecule has 0 spiro atoms. The lowest BCUT2D eigenvalue weighted by Crippen LogP contribution is -2.62. The fraction of sp³-hybridized carbons (Fsp3) is 0.722. The summed E-state index contributed by atoms with van der Waals surface area (Å²) in [5, 5.41) is 13.3. The van der Waals surface area contributed by atoms with E-state index in [0.717, 1.165) is 63.5 Å². The van der Waals surface area contributed by atoms with E-state index in [9.17, 15) is 9.90 Å². The fourth-order valence-corrected chi connectivity index (χ4v) is 4.63. The number of carboxylic acids is 1. The zero-order chi connectivity index (χ0) is 17.3. The second-order valence-corrected chi connectivity index (χ2v) is 7.66. The molecular formula is C18H27N5O2. The van der Waals surface area contributed by atoms with Crippen LogP contribution in [0.1, 0.15) is 37.7 Å². The second-order valence-electron chi connectivity index (χ2n) is 7.66. The third-order valence-electron chi connectivity index (χ3n) is 6.01. The monoisotopic (exact) mass is 345 g/mol. The number of piperidine rings is 2. The summed E-state index contributed by atoms with van der Waals surface area (Å²) in [5.74, 6) is 0.161. The lowest BCUT2D eigenvalue weighted by molar-refractivity contribution is -0.157. The number of anilines is 1. The van der Waals surface area contributed by atoms with Crippen molar-refractivity contribution in [3.05, 3.63) is 18.0 Å². The van der Waals surface area contributed by atoms with Crippen LogP contribution < -0.4 is 10.2 Å². The zero-order valence-corrected chi connectivity index (χ0v) is 14.7. The van der Waals surface area contributed by atoms with E-state index in [-0.39, 0.29) is 6.04 Å². The summed E-state index contributed by atoms with van der Waals surface area (Å²) >= 11 is 0. The minimum Gasteiger partial charge on any atom is -0.481 e. The number of nitrogens with zero attached hydrogens (tertiary/aromatic N) is 4. The molecule has 0 radical (unpaired) electrons. The van der Waals surface area contributed by atoms with Gasteiger partial charge in [-0.05, 0) is 38.6 Å². The van der Waals surface area contributed by atoms with Gasteiger partial charge in [-0.15, -0.1) is 0 Å². The summed E-state index contributed by atoms with van der Waals surface area (Å²) in [6.07, 6.45) is 8.82. The van der Waals surface area contributed by atoms with Crippen molar-refractivity contribution in [2.24, 2.45) is 5.41 Å². The van der Waals surface area contributed by atoms with Gasteiger partial charge in [0, 0.05) is 56.7 Å². The predicted molar refractivity (Wildman–Crippen MR) is 94.5 cm³/mol. The molecule has 136 valence electrons. The summed E-state index contributed by atoms with van der Waals surface area (Å²) in [7, 11) is 0. The number of rotatable bonds is 4. The number of aliphatic carboxylic acids is 1. The first-order valence-corrected chi connectivity index (χ1v) is 9.42. The van der Waals surface area contributed by atoms with Gasteiger partial charge in [-0.2, -0.15) is 0 Å². The molecule has 2 atom stereocenters. The highest BCUT2D eigenvalue weighted by Gasteiger charge is 2.50. The quantitative estimate of drug-likeness (QED) is 0.846. The number of carbonyl (C=O) groups is 1. The lowest BCUT2D eigenvalue weighted by atomic mass is 9.70. The van der Waals surface area contributed by atoms with E-state index in [4.69, 9.17) is 0 Å². The maximum absolute atomic E-state index is 12.0. The smallest absolute Gasteiger partial charge is 0.312 e. The molecule has 4 heterocycles. The lowest BCUT2D eigenvalue weighted by Gasteiger charge is -2.48. The predicted octanol–water partition coefficient (Wildman–Crippen LogP) is 1.11. The van der Waals surface area contributed by atoms with Crippen molar-refractivity contribution in [1.82, 2.24) is 20.2 Å². The molecule has 0 saturated carbocycles. The van der Waals surface area contributed by atoms with Crippen LogP contribution in [-0.4, -0.2) is 64.7 Å². The Morgan fingerprint density at radius 1 is 1.24 bits per heavy atom. The fourth-order valence-electron chi connectivity index (χ4n) is 4.63. The van der Waals surface area contributed by atoms with E-state index in [2.05, 4.69) is 25.1 Å². The SMILES string of the molecule is O=C(O)[C@]12CCCN[C@@H]1CCN(Cc1cnc(N3CCCC3)nc1)C2. The van der Waals surface area contributed by atoms with Crippen molar-refractivity contribution >= 4 is 11.9 Å². The van der Waals surface area contributed by atoms with Gasteiger partial charge in [-0.1, -0.05) is 0 Å². The van der Waals surface area contributed by atoms with Crippen LogP contribution in [-0.2, 0) is 11.3 Å². The van der Waals surface area contributed by atoms with Crippen LogP contribution in [0.4, 0.5) is 5.95 Å². The molecule has 0 aromatic carbocycles. The molecule has 0 amide bonds. The van der Waals surface area contributed by atoms with Crippen molar-refractivity contribution in [1.29, 1.82) is 0 Å². The third-order valence-corrected chi connectivity index (χ3v) is 6.01. The number of nitrogens with one attached hydrogen (secondary N) is 1. The summed E-state index contributed by atoms with van der Waals surface area (Å²) < 4.78 is 0. The highest BCUT2D eigenvalue weighted by molar-refractivity contribution is 5.76. The molecule has 25 heavy (non-hydrogen) atoms. The minimum absolute atomic E-state index is 0.101. The average molecular weight is 345 g/mol. The maximum Gasteiger partial charge on any atom is 0.312 e. The number of hydrogen-bond acceptors (Lipinski definition) is 6. The van der Waals surface area contributed by atoms with E-state index in [0.29, 0.717) is 6.54 Å². The van der Waals surface area contributed by atoms with Crippen molar-refractivity contribution in [2.75, 3.05) is 37.6 Å². The van der Waals surface area contributed by atoms with Gasteiger partial charge in [0.15, 0.2) is 0 Å². The Labute approximate surface area is 148 Å². The Morgan fingerprint density at radius 2 is 2.00 bits per heavy atom. The molecule has 7 heteroatoms. The van der Waals surface area contributed by atoms with Crippen LogP contribution in [0.3, 0.4) is 0 Å². The minimum atomic E-state index is -0.657. The van der Waals surface area contributed by atoms with Gasteiger partial charge in [0.2, 0.25) is 5.95 Å². The second kappa shape index (κ2) is 6.88. The summed E-state index contributed by atoms with van der Waals surface area (Å²) in [6.45, 7) is 5.27. The van der Waals surface area contributed by atoms with Gasteiger partial charge >= 0.3 is 5.97 Å². The van der Waals surface area contributed by atoms with E-state index in [1.54, 1.807) is 0 Å². The van der Waals surface area contributed by atoms with Crippen LogP contribution in [0.25, 0.3) is 0 Å². The molecule has 3 aliphatic heterocycles. The standard InChI is InChI=1S/C18H27N5O2/c24-16(25)18-5-3-6-19-15(18)4-9-22(13-18)12-14-10-20-17(21-11-14)23-7-1-2-8-23/h10-11,15,19H,1-9,12-13H2,(H,24,25)/t15-,18+/m1/s1. The van der Waals surface area contributed by atoms with Gasteiger partial charge in [0.05, 0.1) is 5.41 Å². The van der Waals surface area contributed by atoms with Crippen LogP contribution in [0.2, 0.25) is 0 Å². The summed E-state index contributed by atoms with van der Waals surface area (Å²) in [6, 6.07) is 0.101. The molecule has 0 unspecified atom stereocenters. The highest BCUT2D eigenvalue weighted by atomic mass is 16.4. The molecule has 3 fully saturated rings. The topological polar surface area (TPSA) is 81.6 Å². The molecule has 0 bridgehead atoms. The van der Waals surface area contributed by atoms with Crippen LogP contribution >= 0.6 is 0 Å². The summed E-state index contributed by atoms with van der Waals surface area (Å²) in [4.78, 5) is 25.5. The van der Waals surface area contributed by atoms with Crippen molar-refractivity contribution < 1.29 is 9.90 Å². The largest absolute Gasteiger partial charge is 0.481 e. The summed E-state index contributed by atoms with van der Waals surface area (Å²) in [5.41, 5.74) is 0.415.